The molecule has 2 aromatic heterocycles. The van der Waals surface area contributed by atoms with Crippen LogP contribution in [0.25, 0.3) is 0 Å². The zero-order chi connectivity index (χ0) is 14.9. The summed E-state index contributed by atoms with van der Waals surface area (Å²) in [7, 11) is 1.75. The van der Waals surface area contributed by atoms with Crippen LogP contribution in [0, 0.1) is 13.8 Å². The molecule has 2 N–H and O–H groups in total. The fourth-order valence-electron chi connectivity index (χ4n) is 1.77. The molecule has 0 spiro atoms. The van der Waals surface area contributed by atoms with Gasteiger partial charge in [0.2, 0.25) is 0 Å². The van der Waals surface area contributed by atoms with E-state index in [4.69, 9.17) is 9.52 Å². The summed E-state index contributed by atoms with van der Waals surface area (Å²) in [5.41, 5.74) is 1.28. The van der Waals surface area contributed by atoms with Gasteiger partial charge in [0, 0.05) is 12.7 Å². The van der Waals surface area contributed by atoms with Crippen molar-refractivity contribution in [3.8, 4) is 0 Å². The lowest BCUT2D eigenvalue weighted by molar-refractivity contribution is 0.0694. The van der Waals surface area contributed by atoms with E-state index in [-0.39, 0.29) is 18.0 Å². The third-order valence-electron chi connectivity index (χ3n) is 2.97. The number of carboxylic acid groups (broad SMARTS) is 1. The number of amides is 1. The number of aryl methyl sites for hydroxylation is 3. The van der Waals surface area contributed by atoms with Crippen LogP contribution < -0.4 is 5.32 Å². The van der Waals surface area contributed by atoms with Crippen LogP contribution in [-0.2, 0) is 13.6 Å². The molecule has 0 aromatic carbocycles. The fraction of sp³-hybridized carbons (Fsp3) is 0.308. The summed E-state index contributed by atoms with van der Waals surface area (Å²) in [5.74, 6) is -0.680. The van der Waals surface area contributed by atoms with E-state index in [9.17, 15) is 9.59 Å². The van der Waals surface area contributed by atoms with Crippen molar-refractivity contribution < 1.29 is 19.1 Å². The molecule has 2 aromatic rings. The van der Waals surface area contributed by atoms with Crippen LogP contribution in [0.4, 0.5) is 0 Å². The van der Waals surface area contributed by atoms with Crippen molar-refractivity contribution in [1.82, 2.24) is 15.1 Å². The third kappa shape index (κ3) is 2.71. The smallest absolute Gasteiger partial charge is 0.339 e. The number of nitrogens with one attached hydrogen (secondary N) is 1. The van der Waals surface area contributed by atoms with Gasteiger partial charge < -0.3 is 14.8 Å². The third-order valence-corrected chi connectivity index (χ3v) is 2.97. The summed E-state index contributed by atoms with van der Waals surface area (Å²) in [5, 5.41) is 15.6. The van der Waals surface area contributed by atoms with Crippen LogP contribution in [0.3, 0.4) is 0 Å². The lowest BCUT2D eigenvalue weighted by Gasteiger charge is -1.99. The zero-order valence-corrected chi connectivity index (χ0v) is 11.4. The Morgan fingerprint density at radius 3 is 2.60 bits per heavy atom. The first-order valence-electron chi connectivity index (χ1n) is 6.00. The van der Waals surface area contributed by atoms with Crippen molar-refractivity contribution in [2.45, 2.75) is 20.4 Å². The van der Waals surface area contributed by atoms with Gasteiger partial charge in [-0.2, -0.15) is 5.10 Å². The zero-order valence-electron chi connectivity index (χ0n) is 11.4. The van der Waals surface area contributed by atoms with Gasteiger partial charge in [0.1, 0.15) is 22.8 Å². The van der Waals surface area contributed by atoms with Crippen LogP contribution in [0.1, 0.15) is 38.1 Å². The molecule has 106 valence electrons. The highest BCUT2D eigenvalue weighted by Crippen LogP contribution is 2.14. The molecule has 20 heavy (non-hydrogen) atoms. The molecule has 0 fully saturated rings. The van der Waals surface area contributed by atoms with Crippen molar-refractivity contribution >= 4 is 11.9 Å². The van der Waals surface area contributed by atoms with Gasteiger partial charge in [-0.25, -0.2) is 4.79 Å². The summed E-state index contributed by atoms with van der Waals surface area (Å²) in [6.07, 6.45) is 0. The molecule has 0 saturated carbocycles. The Kier molecular flexibility index (Phi) is 3.60. The highest BCUT2D eigenvalue weighted by Gasteiger charge is 2.15. The second-order valence-electron chi connectivity index (χ2n) is 4.46. The number of hydrogen-bond donors (Lipinski definition) is 2. The summed E-state index contributed by atoms with van der Waals surface area (Å²) in [4.78, 5) is 22.7. The highest BCUT2D eigenvalue weighted by atomic mass is 16.4. The molecular weight excluding hydrogens is 262 g/mol. The van der Waals surface area contributed by atoms with E-state index in [0.29, 0.717) is 17.2 Å². The van der Waals surface area contributed by atoms with E-state index in [1.807, 2.05) is 6.92 Å². The van der Waals surface area contributed by atoms with Gasteiger partial charge in [0.15, 0.2) is 0 Å². The molecule has 0 aliphatic heterocycles. The van der Waals surface area contributed by atoms with Gasteiger partial charge in [0.25, 0.3) is 5.91 Å². The number of furan rings is 1. The minimum atomic E-state index is -1.05. The Morgan fingerprint density at radius 1 is 1.40 bits per heavy atom. The Labute approximate surface area is 115 Å². The molecule has 0 radical (unpaired) electrons. The average molecular weight is 277 g/mol. The standard InChI is InChI=1S/C13H15N3O4/c1-7-4-11(15-16(7)3)12(17)14-6-9-5-10(13(18)19)8(2)20-9/h4-5H,6H2,1-3H3,(H,14,17)(H,18,19). The lowest BCUT2D eigenvalue weighted by atomic mass is 10.2. The van der Waals surface area contributed by atoms with Gasteiger partial charge in [-0.05, 0) is 26.0 Å². The monoisotopic (exact) mass is 277 g/mol. The van der Waals surface area contributed by atoms with Crippen LogP contribution in [0.15, 0.2) is 16.5 Å². The first-order chi connectivity index (χ1) is 9.38. The van der Waals surface area contributed by atoms with Gasteiger partial charge in [-0.3, -0.25) is 9.48 Å². The number of carbonyl (C=O) groups excluding carboxylic acids is 1. The molecule has 7 heteroatoms. The second kappa shape index (κ2) is 5.20. The van der Waals surface area contributed by atoms with Crippen molar-refractivity contribution in [3.63, 3.8) is 0 Å². The second-order valence-corrected chi connectivity index (χ2v) is 4.46. The number of aromatic nitrogens is 2. The molecule has 2 rings (SSSR count). The predicted molar refractivity (Wildman–Crippen MR) is 69.5 cm³/mol. The number of rotatable bonds is 4. The minimum absolute atomic E-state index is 0.0999. The number of aromatic carboxylic acids is 1. The number of carbonyl (C=O) groups is 2. The Hall–Kier alpha value is -2.57. The Bertz CT molecular complexity index is 650. The molecule has 2 heterocycles. The van der Waals surface area contributed by atoms with Crippen LogP contribution in [0.2, 0.25) is 0 Å². The quantitative estimate of drug-likeness (QED) is 0.876. The molecule has 0 aliphatic rings. The van der Waals surface area contributed by atoms with Crippen LogP contribution in [0.5, 0.6) is 0 Å². The van der Waals surface area contributed by atoms with E-state index in [2.05, 4.69) is 10.4 Å². The molecular formula is C13H15N3O4. The number of carboxylic acids is 1. The normalized spacial score (nSPS) is 10.6. The van der Waals surface area contributed by atoms with Crippen molar-refractivity contribution in [3.05, 3.63) is 40.6 Å². The molecule has 0 unspecified atom stereocenters. The van der Waals surface area contributed by atoms with Crippen LogP contribution >= 0.6 is 0 Å². The summed E-state index contributed by atoms with van der Waals surface area (Å²) >= 11 is 0. The highest BCUT2D eigenvalue weighted by molar-refractivity contribution is 5.92. The van der Waals surface area contributed by atoms with E-state index in [1.165, 1.54) is 6.07 Å². The van der Waals surface area contributed by atoms with E-state index >= 15 is 0 Å². The first kappa shape index (κ1) is 13.9. The average Bonchev–Trinajstić information content (AvgIpc) is 2.91. The van der Waals surface area contributed by atoms with Crippen LogP contribution in [-0.4, -0.2) is 26.8 Å². The number of hydrogen-bond acceptors (Lipinski definition) is 4. The van der Waals surface area contributed by atoms with Gasteiger partial charge in [-0.1, -0.05) is 0 Å². The topological polar surface area (TPSA) is 97.4 Å². The molecule has 0 saturated heterocycles. The Morgan fingerprint density at radius 2 is 2.10 bits per heavy atom. The van der Waals surface area contributed by atoms with Crippen molar-refractivity contribution in [1.29, 1.82) is 0 Å². The maximum Gasteiger partial charge on any atom is 0.339 e. The molecule has 0 aliphatic carbocycles. The summed E-state index contributed by atoms with van der Waals surface area (Å²) < 4.78 is 6.88. The Balaban J connectivity index is 2.03. The van der Waals surface area contributed by atoms with Crippen molar-refractivity contribution in [2.24, 2.45) is 7.05 Å². The summed E-state index contributed by atoms with van der Waals surface area (Å²) in [6, 6.07) is 3.08. The molecule has 0 atom stereocenters. The van der Waals surface area contributed by atoms with E-state index < -0.39 is 5.97 Å². The maximum atomic E-state index is 11.9. The van der Waals surface area contributed by atoms with E-state index in [1.54, 1.807) is 24.7 Å². The first-order valence-corrected chi connectivity index (χ1v) is 6.00. The van der Waals surface area contributed by atoms with E-state index in [0.717, 1.165) is 5.69 Å². The van der Waals surface area contributed by atoms with Gasteiger partial charge in [0.05, 0.1) is 6.54 Å². The lowest BCUT2D eigenvalue weighted by Crippen LogP contribution is -2.23. The predicted octanol–water partition coefficient (Wildman–Crippen LogP) is 1.26. The molecule has 1 amide bonds. The largest absolute Gasteiger partial charge is 0.478 e. The molecule has 0 bridgehead atoms. The fourth-order valence-corrected chi connectivity index (χ4v) is 1.77. The summed E-state index contributed by atoms with van der Waals surface area (Å²) in [6.45, 7) is 3.53. The number of nitrogens with zero attached hydrogens (tertiary/aromatic N) is 2. The SMILES string of the molecule is Cc1oc(CNC(=O)c2cc(C)n(C)n2)cc1C(=O)O. The minimum Gasteiger partial charge on any atom is -0.478 e. The maximum absolute atomic E-state index is 11.9. The van der Waals surface area contributed by atoms with Crippen molar-refractivity contribution in [2.75, 3.05) is 0 Å². The van der Waals surface area contributed by atoms with Gasteiger partial charge in [-0.15, -0.1) is 0 Å². The molecule has 7 nitrogen and oxygen atoms in total. The van der Waals surface area contributed by atoms with Gasteiger partial charge >= 0.3 is 5.97 Å².